The van der Waals surface area contributed by atoms with Crippen molar-refractivity contribution in [3.8, 4) is 5.75 Å². The third kappa shape index (κ3) is 4.19. The molecule has 4 heteroatoms. The highest BCUT2D eigenvalue weighted by atomic mass is 35.5. The maximum atomic E-state index is 13.3. The van der Waals surface area contributed by atoms with E-state index in [0.29, 0.717) is 17.2 Å². The summed E-state index contributed by atoms with van der Waals surface area (Å²) in [5, 5.41) is 0.465. The van der Waals surface area contributed by atoms with Gasteiger partial charge in [-0.25, -0.2) is 4.39 Å². The lowest BCUT2D eigenvalue weighted by molar-refractivity contribution is 0.309. The van der Waals surface area contributed by atoms with Crippen molar-refractivity contribution in [3.63, 3.8) is 0 Å². The maximum absolute atomic E-state index is 13.3. The van der Waals surface area contributed by atoms with Crippen molar-refractivity contribution in [1.82, 2.24) is 0 Å². The van der Waals surface area contributed by atoms with E-state index in [0.717, 1.165) is 24.2 Å². The van der Waals surface area contributed by atoms with Gasteiger partial charge in [-0.05, 0) is 47.9 Å². The van der Waals surface area contributed by atoms with Crippen LogP contribution >= 0.6 is 11.6 Å². The number of unbranched alkanes of at least 4 members (excludes halogenated alkanes) is 1. The molecule has 0 radical (unpaired) electrons. The monoisotopic (exact) mass is 307 g/mol. The second-order valence-corrected chi connectivity index (χ2v) is 5.32. The highest BCUT2D eigenvalue weighted by Gasteiger charge is 2.13. The number of hydrogen-bond donors (Lipinski definition) is 1. The van der Waals surface area contributed by atoms with Gasteiger partial charge in [0.25, 0.3) is 0 Å². The van der Waals surface area contributed by atoms with Gasteiger partial charge in [-0.3, -0.25) is 0 Å². The summed E-state index contributed by atoms with van der Waals surface area (Å²) in [6, 6.07) is 11.3. The first kappa shape index (κ1) is 15.8. The molecular formula is C17H19ClFNO. The molecule has 0 bridgehead atoms. The van der Waals surface area contributed by atoms with Crippen LogP contribution in [0.1, 0.15) is 36.9 Å². The Balaban J connectivity index is 2.12. The minimum atomic E-state index is -0.460. The summed E-state index contributed by atoms with van der Waals surface area (Å²) in [7, 11) is 0. The van der Waals surface area contributed by atoms with E-state index < -0.39 is 6.04 Å². The Hall–Kier alpha value is -1.58. The molecule has 2 rings (SSSR count). The lowest BCUT2D eigenvalue weighted by Crippen LogP contribution is -2.12. The number of rotatable bonds is 6. The van der Waals surface area contributed by atoms with Crippen molar-refractivity contribution in [2.75, 3.05) is 6.61 Å². The van der Waals surface area contributed by atoms with Gasteiger partial charge >= 0.3 is 0 Å². The van der Waals surface area contributed by atoms with Gasteiger partial charge in [-0.1, -0.05) is 37.1 Å². The molecule has 112 valence electrons. The summed E-state index contributed by atoms with van der Waals surface area (Å²) in [5.74, 6) is 0.467. The summed E-state index contributed by atoms with van der Waals surface area (Å²) >= 11 is 6.09. The van der Waals surface area contributed by atoms with E-state index in [1.165, 1.54) is 18.2 Å². The van der Waals surface area contributed by atoms with Gasteiger partial charge in [-0.2, -0.15) is 0 Å². The fourth-order valence-electron chi connectivity index (χ4n) is 2.04. The molecule has 21 heavy (non-hydrogen) atoms. The standard InChI is InChI=1S/C17H19ClFNO/c1-2-3-10-21-14-7-4-12(5-8-14)17(20)15-11-13(19)6-9-16(15)18/h4-9,11,17H,2-3,10,20H2,1H3. The number of nitrogens with two attached hydrogens (primary N) is 1. The van der Waals surface area contributed by atoms with Crippen LogP contribution in [0.3, 0.4) is 0 Å². The van der Waals surface area contributed by atoms with Crippen LogP contribution in [0.4, 0.5) is 4.39 Å². The fraction of sp³-hybridized carbons (Fsp3) is 0.294. The number of halogens is 2. The van der Waals surface area contributed by atoms with Crippen LogP contribution in [-0.4, -0.2) is 6.61 Å². The average molecular weight is 308 g/mol. The van der Waals surface area contributed by atoms with Crippen molar-refractivity contribution in [1.29, 1.82) is 0 Å². The lowest BCUT2D eigenvalue weighted by atomic mass is 9.99. The van der Waals surface area contributed by atoms with Crippen LogP contribution < -0.4 is 10.5 Å². The number of ether oxygens (including phenoxy) is 1. The number of benzene rings is 2. The molecule has 0 spiro atoms. The summed E-state index contributed by atoms with van der Waals surface area (Å²) in [6.45, 7) is 2.83. The molecule has 2 nitrogen and oxygen atoms in total. The normalized spacial score (nSPS) is 12.2. The van der Waals surface area contributed by atoms with Gasteiger partial charge in [0, 0.05) is 5.02 Å². The second kappa shape index (κ2) is 7.43. The molecule has 0 aliphatic heterocycles. The molecule has 1 unspecified atom stereocenters. The summed E-state index contributed by atoms with van der Waals surface area (Å²) < 4.78 is 18.9. The molecule has 0 heterocycles. The average Bonchev–Trinajstić information content (AvgIpc) is 2.50. The van der Waals surface area contributed by atoms with Gasteiger partial charge in [-0.15, -0.1) is 0 Å². The maximum Gasteiger partial charge on any atom is 0.123 e. The Morgan fingerprint density at radius 3 is 2.57 bits per heavy atom. The summed E-state index contributed by atoms with van der Waals surface area (Å²) in [4.78, 5) is 0. The van der Waals surface area contributed by atoms with E-state index in [2.05, 4.69) is 6.92 Å². The van der Waals surface area contributed by atoms with Crippen molar-refractivity contribution in [3.05, 3.63) is 64.4 Å². The van der Waals surface area contributed by atoms with E-state index in [9.17, 15) is 4.39 Å². The molecular weight excluding hydrogens is 289 g/mol. The first-order valence-corrected chi connectivity index (χ1v) is 7.43. The van der Waals surface area contributed by atoms with Gasteiger partial charge in [0.2, 0.25) is 0 Å². The summed E-state index contributed by atoms with van der Waals surface area (Å²) in [5.41, 5.74) is 7.61. The van der Waals surface area contributed by atoms with E-state index in [1.54, 1.807) is 0 Å². The third-order valence-electron chi connectivity index (χ3n) is 3.30. The minimum absolute atomic E-state index is 0.343. The molecule has 0 saturated carbocycles. The molecule has 2 N–H and O–H groups in total. The van der Waals surface area contributed by atoms with Crippen molar-refractivity contribution < 1.29 is 9.13 Å². The van der Waals surface area contributed by atoms with Crippen molar-refractivity contribution in [2.45, 2.75) is 25.8 Å². The Morgan fingerprint density at radius 1 is 1.19 bits per heavy atom. The molecule has 0 saturated heterocycles. The smallest absolute Gasteiger partial charge is 0.123 e. The molecule has 0 fully saturated rings. The molecule has 0 aliphatic rings. The second-order valence-electron chi connectivity index (χ2n) is 4.91. The SMILES string of the molecule is CCCCOc1ccc(C(N)c2cc(F)ccc2Cl)cc1. The van der Waals surface area contributed by atoms with Gasteiger partial charge < -0.3 is 10.5 Å². The lowest BCUT2D eigenvalue weighted by Gasteiger charge is -2.15. The number of hydrogen-bond acceptors (Lipinski definition) is 2. The Morgan fingerprint density at radius 2 is 1.90 bits per heavy atom. The van der Waals surface area contributed by atoms with Gasteiger partial charge in [0.15, 0.2) is 0 Å². The Labute approximate surface area is 129 Å². The first-order valence-electron chi connectivity index (χ1n) is 7.05. The van der Waals surface area contributed by atoms with E-state index in [-0.39, 0.29) is 5.82 Å². The van der Waals surface area contributed by atoms with E-state index >= 15 is 0 Å². The van der Waals surface area contributed by atoms with Gasteiger partial charge in [0.1, 0.15) is 11.6 Å². The Kier molecular flexibility index (Phi) is 5.59. The molecule has 1 atom stereocenters. The molecule has 0 aliphatic carbocycles. The van der Waals surface area contributed by atoms with E-state index in [1.807, 2.05) is 24.3 Å². The van der Waals surface area contributed by atoms with Crippen LogP contribution in [0.5, 0.6) is 5.75 Å². The zero-order valence-corrected chi connectivity index (χ0v) is 12.7. The predicted molar refractivity (Wildman–Crippen MR) is 84.3 cm³/mol. The first-order chi connectivity index (χ1) is 10.1. The quantitative estimate of drug-likeness (QED) is 0.785. The topological polar surface area (TPSA) is 35.2 Å². The highest BCUT2D eigenvalue weighted by molar-refractivity contribution is 6.31. The van der Waals surface area contributed by atoms with E-state index in [4.69, 9.17) is 22.1 Å². The Bertz CT molecular complexity index is 586. The highest BCUT2D eigenvalue weighted by Crippen LogP contribution is 2.28. The molecule has 0 amide bonds. The fourth-order valence-corrected chi connectivity index (χ4v) is 2.27. The van der Waals surface area contributed by atoms with Crippen LogP contribution in [0.25, 0.3) is 0 Å². The van der Waals surface area contributed by atoms with Crippen molar-refractivity contribution >= 4 is 11.6 Å². The molecule has 2 aromatic carbocycles. The molecule has 2 aromatic rings. The van der Waals surface area contributed by atoms with Crippen molar-refractivity contribution in [2.24, 2.45) is 5.73 Å². The molecule has 0 aromatic heterocycles. The van der Waals surface area contributed by atoms with Crippen LogP contribution in [0.2, 0.25) is 5.02 Å². The zero-order chi connectivity index (χ0) is 15.2. The van der Waals surface area contributed by atoms with Crippen LogP contribution in [-0.2, 0) is 0 Å². The van der Waals surface area contributed by atoms with Crippen LogP contribution in [0, 0.1) is 5.82 Å². The summed E-state index contributed by atoms with van der Waals surface area (Å²) in [6.07, 6.45) is 2.13. The largest absolute Gasteiger partial charge is 0.494 e. The minimum Gasteiger partial charge on any atom is -0.494 e. The predicted octanol–water partition coefficient (Wildman–Crippen LogP) is 4.71. The third-order valence-corrected chi connectivity index (χ3v) is 3.64. The van der Waals surface area contributed by atoms with Crippen LogP contribution in [0.15, 0.2) is 42.5 Å². The van der Waals surface area contributed by atoms with Gasteiger partial charge in [0.05, 0.1) is 12.6 Å². The zero-order valence-electron chi connectivity index (χ0n) is 12.0.